The largest absolute Gasteiger partial charge is 0.390 e. The third-order valence-electron chi connectivity index (χ3n) is 2.12. The molecular formula is C10H13FO. The van der Waals surface area contributed by atoms with Crippen molar-refractivity contribution in [1.82, 2.24) is 0 Å². The van der Waals surface area contributed by atoms with E-state index < -0.39 is 11.8 Å². The Balaban J connectivity index is 2.98. The van der Waals surface area contributed by atoms with Gasteiger partial charge in [-0.2, -0.15) is 0 Å². The Bertz CT molecular complexity index is 241. The van der Waals surface area contributed by atoms with Crippen molar-refractivity contribution in [1.29, 1.82) is 0 Å². The van der Waals surface area contributed by atoms with Crippen LogP contribution in [0.3, 0.4) is 0 Å². The lowest BCUT2D eigenvalue weighted by Crippen LogP contribution is -2.29. The van der Waals surface area contributed by atoms with E-state index in [0.717, 1.165) is 0 Å². The van der Waals surface area contributed by atoms with Gasteiger partial charge in [0.1, 0.15) is 0 Å². The van der Waals surface area contributed by atoms with Crippen molar-refractivity contribution in [3.63, 3.8) is 0 Å². The lowest BCUT2D eigenvalue weighted by atomic mass is 9.93. The monoisotopic (exact) mass is 168 g/mol. The van der Waals surface area contributed by atoms with Crippen molar-refractivity contribution < 1.29 is 9.50 Å². The standard InChI is InChI=1S/C10H13FO/c1-8(12)10(2,11)9-6-4-3-5-7-9/h3-8,12H,1-2H3. The Labute approximate surface area is 71.9 Å². The van der Waals surface area contributed by atoms with E-state index in [4.69, 9.17) is 5.11 Å². The quantitative estimate of drug-likeness (QED) is 0.718. The maximum atomic E-state index is 13.7. The van der Waals surface area contributed by atoms with Crippen LogP contribution in [0.25, 0.3) is 0 Å². The molecule has 0 aliphatic heterocycles. The molecule has 12 heavy (non-hydrogen) atoms. The van der Waals surface area contributed by atoms with Gasteiger partial charge < -0.3 is 5.11 Å². The van der Waals surface area contributed by atoms with Crippen molar-refractivity contribution >= 4 is 0 Å². The Morgan fingerprint density at radius 3 is 2.25 bits per heavy atom. The fourth-order valence-corrected chi connectivity index (χ4v) is 1.01. The third kappa shape index (κ3) is 1.64. The van der Waals surface area contributed by atoms with Gasteiger partial charge in [0.25, 0.3) is 0 Å². The first-order chi connectivity index (χ1) is 5.55. The van der Waals surface area contributed by atoms with Gasteiger partial charge in [0.05, 0.1) is 6.10 Å². The van der Waals surface area contributed by atoms with E-state index in [2.05, 4.69) is 0 Å². The number of aliphatic hydroxyl groups is 1. The fraction of sp³-hybridized carbons (Fsp3) is 0.400. The second-order valence-corrected chi connectivity index (χ2v) is 3.12. The summed E-state index contributed by atoms with van der Waals surface area (Å²) >= 11 is 0. The Hall–Kier alpha value is -0.890. The third-order valence-corrected chi connectivity index (χ3v) is 2.12. The van der Waals surface area contributed by atoms with Crippen molar-refractivity contribution in [2.24, 2.45) is 0 Å². The Morgan fingerprint density at radius 1 is 1.33 bits per heavy atom. The van der Waals surface area contributed by atoms with E-state index in [1.54, 1.807) is 24.3 Å². The molecule has 0 fully saturated rings. The zero-order chi connectivity index (χ0) is 9.19. The molecule has 2 atom stereocenters. The van der Waals surface area contributed by atoms with Gasteiger partial charge in [-0.3, -0.25) is 0 Å². The molecule has 0 spiro atoms. The predicted octanol–water partition coefficient (Wildman–Crippen LogP) is 2.25. The van der Waals surface area contributed by atoms with E-state index in [1.165, 1.54) is 13.8 Å². The van der Waals surface area contributed by atoms with E-state index in [9.17, 15) is 4.39 Å². The van der Waals surface area contributed by atoms with Gasteiger partial charge >= 0.3 is 0 Å². The summed E-state index contributed by atoms with van der Waals surface area (Å²) in [5.41, 5.74) is -1.14. The summed E-state index contributed by atoms with van der Waals surface area (Å²) in [5, 5.41) is 9.16. The molecule has 0 bridgehead atoms. The average molecular weight is 168 g/mol. The molecule has 66 valence electrons. The molecule has 0 saturated carbocycles. The van der Waals surface area contributed by atoms with Crippen LogP contribution < -0.4 is 0 Å². The molecule has 2 heteroatoms. The van der Waals surface area contributed by atoms with Crippen LogP contribution in [0.5, 0.6) is 0 Å². The topological polar surface area (TPSA) is 20.2 Å². The number of rotatable bonds is 2. The number of benzene rings is 1. The van der Waals surface area contributed by atoms with Gasteiger partial charge in [0, 0.05) is 0 Å². The molecule has 0 amide bonds. The number of hydrogen-bond donors (Lipinski definition) is 1. The maximum absolute atomic E-state index is 13.7. The molecule has 1 N–H and O–H groups in total. The van der Waals surface area contributed by atoms with Gasteiger partial charge in [0.15, 0.2) is 5.67 Å². The van der Waals surface area contributed by atoms with Gasteiger partial charge in [-0.1, -0.05) is 30.3 Å². The van der Waals surface area contributed by atoms with Crippen LogP contribution in [-0.2, 0) is 5.67 Å². The number of halogens is 1. The first kappa shape index (κ1) is 9.20. The van der Waals surface area contributed by atoms with E-state index in [1.807, 2.05) is 6.07 Å². The van der Waals surface area contributed by atoms with Crippen molar-refractivity contribution in [2.75, 3.05) is 0 Å². The van der Waals surface area contributed by atoms with Gasteiger partial charge in [-0.25, -0.2) is 4.39 Å². The van der Waals surface area contributed by atoms with E-state index >= 15 is 0 Å². The minimum atomic E-state index is -1.65. The molecule has 0 saturated heterocycles. The van der Waals surface area contributed by atoms with Gasteiger partial charge in [0.2, 0.25) is 0 Å². The van der Waals surface area contributed by atoms with Crippen molar-refractivity contribution in [2.45, 2.75) is 25.6 Å². The zero-order valence-electron chi connectivity index (χ0n) is 7.29. The molecule has 1 nitrogen and oxygen atoms in total. The van der Waals surface area contributed by atoms with Crippen LogP contribution in [0, 0.1) is 0 Å². The van der Waals surface area contributed by atoms with Gasteiger partial charge in [-0.15, -0.1) is 0 Å². The molecule has 2 unspecified atom stereocenters. The molecule has 0 radical (unpaired) electrons. The highest BCUT2D eigenvalue weighted by Gasteiger charge is 2.31. The molecule has 0 aromatic heterocycles. The molecule has 1 rings (SSSR count). The average Bonchev–Trinajstić information content (AvgIpc) is 2.06. The SMILES string of the molecule is CC(O)C(C)(F)c1ccccc1. The number of aliphatic hydroxyl groups excluding tert-OH is 1. The molecule has 0 aliphatic carbocycles. The molecule has 0 aliphatic rings. The van der Waals surface area contributed by atoms with Crippen LogP contribution in [-0.4, -0.2) is 11.2 Å². The highest BCUT2D eigenvalue weighted by atomic mass is 19.1. The first-order valence-electron chi connectivity index (χ1n) is 3.97. The van der Waals surface area contributed by atoms with Crippen LogP contribution >= 0.6 is 0 Å². The summed E-state index contributed by atoms with van der Waals surface area (Å²) in [4.78, 5) is 0. The molecule has 0 heterocycles. The van der Waals surface area contributed by atoms with E-state index in [-0.39, 0.29) is 0 Å². The van der Waals surface area contributed by atoms with Crippen LogP contribution in [0.15, 0.2) is 30.3 Å². The smallest absolute Gasteiger partial charge is 0.158 e. The molecule has 1 aromatic carbocycles. The molecule has 1 aromatic rings. The van der Waals surface area contributed by atoms with Crippen LogP contribution in [0.1, 0.15) is 19.4 Å². The summed E-state index contributed by atoms with van der Waals surface area (Å²) in [6.07, 6.45) is -0.986. The fourth-order valence-electron chi connectivity index (χ4n) is 1.01. The number of hydrogen-bond acceptors (Lipinski definition) is 1. The van der Waals surface area contributed by atoms with Crippen molar-refractivity contribution in [3.8, 4) is 0 Å². The Morgan fingerprint density at radius 2 is 1.83 bits per heavy atom. The minimum Gasteiger partial charge on any atom is -0.390 e. The highest BCUT2D eigenvalue weighted by molar-refractivity contribution is 5.22. The van der Waals surface area contributed by atoms with Crippen molar-refractivity contribution in [3.05, 3.63) is 35.9 Å². The lowest BCUT2D eigenvalue weighted by molar-refractivity contribution is 0.0136. The van der Waals surface area contributed by atoms with E-state index in [0.29, 0.717) is 5.56 Å². The second kappa shape index (κ2) is 3.23. The second-order valence-electron chi connectivity index (χ2n) is 3.12. The Kier molecular flexibility index (Phi) is 2.48. The first-order valence-corrected chi connectivity index (χ1v) is 3.97. The summed E-state index contributed by atoms with van der Waals surface area (Å²) in [6, 6.07) is 8.69. The normalized spacial score (nSPS) is 18.3. The molecular weight excluding hydrogens is 155 g/mol. The number of alkyl halides is 1. The lowest BCUT2D eigenvalue weighted by Gasteiger charge is -2.23. The minimum absolute atomic E-state index is 0.514. The maximum Gasteiger partial charge on any atom is 0.158 e. The summed E-state index contributed by atoms with van der Waals surface area (Å²) in [5.74, 6) is 0. The van der Waals surface area contributed by atoms with Crippen LogP contribution in [0.4, 0.5) is 4.39 Å². The van der Waals surface area contributed by atoms with Gasteiger partial charge in [-0.05, 0) is 19.4 Å². The zero-order valence-corrected chi connectivity index (χ0v) is 7.29. The van der Waals surface area contributed by atoms with Crippen LogP contribution in [0.2, 0.25) is 0 Å². The predicted molar refractivity (Wildman–Crippen MR) is 46.6 cm³/mol. The summed E-state index contributed by atoms with van der Waals surface area (Å²) < 4.78 is 13.7. The summed E-state index contributed by atoms with van der Waals surface area (Å²) in [6.45, 7) is 2.83. The highest BCUT2D eigenvalue weighted by Crippen LogP contribution is 2.28. The summed E-state index contributed by atoms with van der Waals surface area (Å²) in [7, 11) is 0.